The average molecular weight is 290 g/mol. The van der Waals surface area contributed by atoms with Crippen molar-refractivity contribution in [2.45, 2.75) is 13.0 Å². The van der Waals surface area contributed by atoms with Crippen molar-refractivity contribution in [3.05, 3.63) is 64.7 Å². The number of nitrogens with one attached hydrogen (secondary N) is 1. The summed E-state index contributed by atoms with van der Waals surface area (Å²) in [5.74, 6) is 0.401. The Balaban J connectivity index is 2.13. The lowest BCUT2D eigenvalue weighted by Gasteiger charge is -2.15. The predicted octanol–water partition coefficient (Wildman–Crippen LogP) is 3.84. The van der Waals surface area contributed by atoms with Gasteiger partial charge in [0.05, 0.1) is 18.7 Å². The van der Waals surface area contributed by atoms with Gasteiger partial charge in [0.25, 0.3) is 5.91 Å². The first kappa shape index (κ1) is 14.4. The first-order valence-electron chi connectivity index (χ1n) is 6.31. The average Bonchev–Trinajstić information content (AvgIpc) is 2.47. The molecule has 0 saturated heterocycles. The zero-order valence-corrected chi connectivity index (χ0v) is 12.1. The Bertz CT molecular complexity index is 596. The highest BCUT2D eigenvalue weighted by Gasteiger charge is 2.14. The minimum Gasteiger partial charge on any atom is -0.496 e. The molecule has 0 radical (unpaired) electrons. The standard InChI is InChI=1S/C16H16ClNO2/c1-11(12-7-9-13(17)10-8-12)18-16(19)14-5-3-4-6-15(14)20-2/h3-11H,1-2H3,(H,18,19). The van der Waals surface area contributed by atoms with Crippen molar-refractivity contribution in [2.24, 2.45) is 0 Å². The molecule has 2 rings (SSSR count). The number of hydrogen-bond donors (Lipinski definition) is 1. The monoisotopic (exact) mass is 289 g/mol. The molecule has 0 bridgehead atoms. The van der Waals surface area contributed by atoms with Crippen LogP contribution in [0.15, 0.2) is 48.5 Å². The number of benzene rings is 2. The number of ether oxygens (including phenoxy) is 1. The van der Waals surface area contributed by atoms with Crippen LogP contribution in [0.2, 0.25) is 5.02 Å². The number of carbonyl (C=O) groups excluding carboxylic acids is 1. The minimum atomic E-state index is -0.162. The topological polar surface area (TPSA) is 38.3 Å². The summed E-state index contributed by atoms with van der Waals surface area (Å²) in [6.45, 7) is 1.93. The molecule has 0 fully saturated rings. The molecule has 2 aromatic carbocycles. The zero-order valence-electron chi connectivity index (χ0n) is 11.4. The number of methoxy groups -OCH3 is 1. The first-order valence-corrected chi connectivity index (χ1v) is 6.69. The fourth-order valence-corrected chi connectivity index (χ4v) is 2.07. The number of amides is 1. The number of rotatable bonds is 4. The van der Waals surface area contributed by atoms with Crippen LogP contribution < -0.4 is 10.1 Å². The van der Waals surface area contributed by atoms with Crippen LogP contribution in [0.25, 0.3) is 0 Å². The molecule has 0 saturated carbocycles. The zero-order chi connectivity index (χ0) is 14.5. The molecular weight excluding hydrogens is 274 g/mol. The van der Waals surface area contributed by atoms with E-state index in [-0.39, 0.29) is 11.9 Å². The molecule has 1 unspecified atom stereocenters. The van der Waals surface area contributed by atoms with E-state index in [0.717, 1.165) is 5.56 Å². The molecule has 3 nitrogen and oxygen atoms in total. The van der Waals surface area contributed by atoms with Crippen LogP contribution in [0.4, 0.5) is 0 Å². The van der Waals surface area contributed by atoms with E-state index in [9.17, 15) is 4.79 Å². The fraction of sp³-hybridized carbons (Fsp3) is 0.188. The minimum absolute atomic E-state index is 0.107. The van der Waals surface area contributed by atoms with Gasteiger partial charge in [-0.3, -0.25) is 4.79 Å². The SMILES string of the molecule is COc1ccccc1C(=O)NC(C)c1ccc(Cl)cc1. The highest BCUT2D eigenvalue weighted by Crippen LogP contribution is 2.20. The Kier molecular flexibility index (Phi) is 4.64. The van der Waals surface area contributed by atoms with E-state index >= 15 is 0 Å². The van der Waals surface area contributed by atoms with Crippen LogP contribution >= 0.6 is 11.6 Å². The number of halogens is 1. The molecular formula is C16H16ClNO2. The van der Waals surface area contributed by atoms with E-state index in [2.05, 4.69) is 5.32 Å². The maximum Gasteiger partial charge on any atom is 0.255 e. The fourth-order valence-electron chi connectivity index (χ4n) is 1.94. The molecule has 1 amide bonds. The van der Waals surface area contributed by atoms with Crippen molar-refractivity contribution in [3.63, 3.8) is 0 Å². The predicted molar refractivity (Wildman–Crippen MR) is 80.3 cm³/mol. The number of carbonyl (C=O) groups is 1. The van der Waals surface area contributed by atoms with Crippen molar-refractivity contribution < 1.29 is 9.53 Å². The smallest absolute Gasteiger partial charge is 0.255 e. The van der Waals surface area contributed by atoms with Gasteiger partial charge in [-0.2, -0.15) is 0 Å². The van der Waals surface area contributed by atoms with Gasteiger partial charge in [0.1, 0.15) is 5.75 Å². The summed E-state index contributed by atoms with van der Waals surface area (Å²) in [6.07, 6.45) is 0. The Morgan fingerprint density at radius 3 is 2.45 bits per heavy atom. The molecule has 4 heteroatoms. The largest absolute Gasteiger partial charge is 0.496 e. The Labute approximate surface area is 123 Å². The summed E-state index contributed by atoms with van der Waals surface area (Å²) in [4.78, 5) is 12.3. The Morgan fingerprint density at radius 1 is 1.15 bits per heavy atom. The van der Waals surface area contributed by atoms with Crippen molar-refractivity contribution in [2.75, 3.05) is 7.11 Å². The highest BCUT2D eigenvalue weighted by molar-refractivity contribution is 6.30. The maximum absolute atomic E-state index is 12.3. The Hall–Kier alpha value is -2.00. The summed E-state index contributed by atoms with van der Waals surface area (Å²) < 4.78 is 5.19. The second kappa shape index (κ2) is 6.44. The molecule has 1 N–H and O–H groups in total. The van der Waals surface area contributed by atoms with Gasteiger partial charge in [0.15, 0.2) is 0 Å². The molecule has 0 heterocycles. The normalized spacial score (nSPS) is 11.8. The van der Waals surface area contributed by atoms with Crippen LogP contribution in [0.5, 0.6) is 5.75 Å². The van der Waals surface area contributed by atoms with E-state index in [1.54, 1.807) is 19.2 Å². The van der Waals surface area contributed by atoms with Crippen molar-refractivity contribution >= 4 is 17.5 Å². The third kappa shape index (κ3) is 3.31. The van der Waals surface area contributed by atoms with Crippen LogP contribution in [0.1, 0.15) is 28.9 Å². The molecule has 1 atom stereocenters. The Morgan fingerprint density at radius 2 is 1.80 bits per heavy atom. The molecule has 0 aromatic heterocycles. The quantitative estimate of drug-likeness (QED) is 0.929. The van der Waals surface area contributed by atoms with Crippen LogP contribution in [-0.2, 0) is 0 Å². The number of hydrogen-bond acceptors (Lipinski definition) is 2. The van der Waals surface area contributed by atoms with Crippen LogP contribution in [0, 0.1) is 0 Å². The first-order chi connectivity index (χ1) is 9.61. The van der Waals surface area contributed by atoms with Crippen LogP contribution in [-0.4, -0.2) is 13.0 Å². The van der Waals surface area contributed by atoms with Crippen molar-refractivity contribution in [3.8, 4) is 5.75 Å². The van der Waals surface area contributed by atoms with E-state index in [1.165, 1.54) is 0 Å². The molecule has 0 aliphatic rings. The maximum atomic E-state index is 12.3. The van der Waals surface area contributed by atoms with E-state index in [4.69, 9.17) is 16.3 Å². The molecule has 20 heavy (non-hydrogen) atoms. The van der Waals surface area contributed by atoms with Crippen LogP contribution in [0.3, 0.4) is 0 Å². The lowest BCUT2D eigenvalue weighted by atomic mass is 10.1. The third-order valence-corrected chi connectivity index (χ3v) is 3.32. The van der Waals surface area contributed by atoms with Gasteiger partial charge in [-0.15, -0.1) is 0 Å². The van der Waals surface area contributed by atoms with E-state index in [1.807, 2.05) is 43.3 Å². The van der Waals surface area contributed by atoms with Crippen molar-refractivity contribution in [1.29, 1.82) is 0 Å². The van der Waals surface area contributed by atoms with E-state index in [0.29, 0.717) is 16.3 Å². The lowest BCUT2D eigenvalue weighted by Crippen LogP contribution is -2.27. The van der Waals surface area contributed by atoms with Crippen molar-refractivity contribution in [1.82, 2.24) is 5.32 Å². The highest BCUT2D eigenvalue weighted by atomic mass is 35.5. The van der Waals surface area contributed by atoms with Gasteiger partial charge in [-0.1, -0.05) is 35.9 Å². The third-order valence-electron chi connectivity index (χ3n) is 3.07. The second-order valence-corrected chi connectivity index (χ2v) is 4.88. The summed E-state index contributed by atoms with van der Waals surface area (Å²) in [6, 6.07) is 14.5. The summed E-state index contributed by atoms with van der Waals surface area (Å²) in [5.41, 5.74) is 1.52. The van der Waals surface area contributed by atoms with Gasteiger partial charge in [-0.25, -0.2) is 0 Å². The van der Waals surface area contributed by atoms with Gasteiger partial charge in [0.2, 0.25) is 0 Å². The summed E-state index contributed by atoms with van der Waals surface area (Å²) in [5, 5.41) is 3.62. The van der Waals surface area contributed by atoms with E-state index < -0.39 is 0 Å². The summed E-state index contributed by atoms with van der Waals surface area (Å²) in [7, 11) is 1.55. The molecule has 0 aliphatic heterocycles. The van der Waals surface area contributed by atoms with Gasteiger partial charge in [0, 0.05) is 5.02 Å². The second-order valence-electron chi connectivity index (χ2n) is 4.45. The molecule has 2 aromatic rings. The summed E-state index contributed by atoms with van der Waals surface area (Å²) >= 11 is 5.85. The van der Waals surface area contributed by atoms with Gasteiger partial charge < -0.3 is 10.1 Å². The lowest BCUT2D eigenvalue weighted by molar-refractivity contribution is 0.0937. The number of para-hydroxylation sites is 1. The molecule has 0 spiro atoms. The molecule has 104 valence electrons. The molecule has 0 aliphatic carbocycles. The van der Waals surface area contributed by atoms with Gasteiger partial charge >= 0.3 is 0 Å². The van der Waals surface area contributed by atoms with Gasteiger partial charge in [-0.05, 0) is 36.8 Å².